The lowest BCUT2D eigenvalue weighted by molar-refractivity contribution is 0.0879. The molecule has 2 rings (SSSR count). The van der Waals surface area contributed by atoms with E-state index in [1.54, 1.807) is 6.07 Å². The van der Waals surface area contributed by atoms with Crippen molar-refractivity contribution in [3.05, 3.63) is 32.4 Å². The molecular formula is C9H6INO2. The van der Waals surface area contributed by atoms with E-state index >= 15 is 0 Å². The normalized spacial score (nSPS) is 14.3. The highest BCUT2D eigenvalue weighted by atomic mass is 127. The first kappa shape index (κ1) is 8.68. The van der Waals surface area contributed by atoms with E-state index in [0.717, 1.165) is 9.13 Å². The van der Waals surface area contributed by atoms with Crippen molar-refractivity contribution in [2.45, 2.75) is 6.92 Å². The summed E-state index contributed by atoms with van der Waals surface area (Å²) in [7, 11) is 0. The molecule has 0 spiro atoms. The highest BCUT2D eigenvalue weighted by Crippen LogP contribution is 2.23. The Kier molecular flexibility index (Phi) is 1.87. The van der Waals surface area contributed by atoms with Crippen LogP contribution in [-0.4, -0.2) is 11.8 Å². The molecule has 4 heteroatoms. The number of amides is 2. The Hall–Kier alpha value is -0.910. The fourth-order valence-corrected chi connectivity index (χ4v) is 2.41. The minimum Gasteiger partial charge on any atom is -0.288 e. The molecule has 1 N–H and O–H groups in total. The van der Waals surface area contributed by atoms with Gasteiger partial charge < -0.3 is 0 Å². The number of nitrogens with one attached hydrogen (secondary N) is 1. The van der Waals surface area contributed by atoms with Gasteiger partial charge in [-0.3, -0.25) is 14.9 Å². The molecule has 13 heavy (non-hydrogen) atoms. The minimum atomic E-state index is -0.290. The van der Waals surface area contributed by atoms with Crippen LogP contribution in [0, 0.1) is 10.5 Å². The standard InChI is InChI=1S/C9H6INO2/c1-4-2-5-7(6(10)3-4)9(13)11-8(5)12/h2-3H,1H3,(H,11,12,13). The van der Waals surface area contributed by atoms with Crippen LogP contribution in [0.2, 0.25) is 0 Å². The third kappa shape index (κ3) is 1.25. The average Bonchev–Trinajstić information content (AvgIpc) is 2.27. The SMILES string of the molecule is Cc1cc(I)c2c(c1)C(=O)NC2=O. The number of fused-ring (bicyclic) bond motifs is 1. The van der Waals surface area contributed by atoms with Gasteiger partial charge in [0.15, 0.2) is 0 Å². The van der Waals surface area contributed by atoms with Gasteiger partial charge in [-0.25, -0.2) is 0 Å². The molecule has 0 saturated heterocycles. The van der Waals surface area contributed by atoms with Crippen LogP contribution >= 0.6 is 22.6 Å². The van der Waals surface area contributed by atoms with E-state index in [0.29, 0.717) is 11.1 Å². The van der Waals surface area contributed by atoms with E-state index in [4.69, 9.17) is 0 Å². The number of rotatable bonds is 0. The van der Waals surface area contributed by atoms with Gasteiger partial charge in [0.2, 0.25) is 0 Å². The molecule has 1 aromatic carbocycles. The summed E-state index contributed by atoms with van der Waals surface area (Å²) in [6.07, 6.45) is 0. The van der Waals surface area contributed by atoms with Crippen LogP contribution in [0.25, 0.3) is 0 Å². The number of halogens is 1. The molecule has 2 amide bonds. The maximum atomic E-state index is 11.3. The number of carbonyl (C=O) groups is 2. The van der Waals surface area contributed by atoms with Crippen LogP contribution < -0.4 is 5.32 Å². The van der Waals surface area contributed by atoms with Crippen molar-refractivity contribution in [3.8, 4) is 0 Å². The fraction of sp³-hybridized carbons (Fsp3) is 0.111. The van der Waals surface area contributed by atoms with Gasteiger partial charge in [-0.15, -0.1) is 0 Å². The van der Waals surface area contributed by atoms with Gasteiger partial charge in [-0.2, -0.15) is 0 Å². The predicted octanol–water partition coefficient (Wildman–Crippen LogP) is 1.48. The molecule has 0 aliphatic carbocycles. The van der Waals surface area contributed by atoms with E-state index in [9.17, 15) is 9.59 Å². The van der Waals surface area contributed by atoms with E-state index < -0.39 is 0 Å². The number of imide groups is 1. The summed E-state index contributed by atoms with van der Waals surface area (Å²) in [5.41, 5.74) is 2.00. The number of benzene rings is 1. The van der Waals surface area contributed by atoms with Crippen LogP contribution in [0.4, 0.5) is 0 Å². The summed E-state index contributed by atoms with van der Waals surface area (Å²) >= 11 is 2.06. The summed E-state index contributed by atoms with van der Waals surface area (Å²) in [6.45, 7) is 1.90. The maximum absolute atomic E-state index is 11.3. The summed E-state index contributed by atoms with van der Waals surface area (Å²) in [5.74, 6) is -0.578. The first-order valence-electron chi connectivity index (χ1n) is 3.75. The zero-order valence-corrected chi connectivity index (χ0v) is 9.01. The smallest absolute Gasteiger partial charge is 0.260 e. The first-order chi connectivity index (χ1) is 6.09. The highest BCUT2D eigenvalue weighted by molar-refractivity contribution is 14.1. The lowest BCUT2D eigenvalue weighted by atomic mass is 10.1. The highest BCUT2D eigenvalue weighted by Gasteiger charge is 2.28. The van der Waals surface area contributed by atoms with Crippen molar-refractivity contribution in [3.63, 3.8) is 0 Å². The Morgan fingerprint density at radius 3 is 2.62 bits per heavy atom. The molecule has 0 fully saturated rings. The predicted molar refractivity (Wildman–Crippen MR) is 55.7 cm³/mol. The van der Waals surface area contributed by atoms with Crippen LogP contribution in [0.1, 0.15) is 26.3 Å². The molecule has 1 aromatic rings. The summed E-state index contributed by atoms with van der Waals surface area (Å²) in [4.78, 5) is 22.5. The maximum Gasteiger partial charge on any atom is 0.260 e. The minimum absolute atomic E-state index is 0.288. The van der Waals surface area contributed by atoms with Crippen molar-refractivity contribution >= 4 is 34.4 Å². The molecule has 1 aliphatic heterocycles. The fourth-order valence-electron chi connectivity index (χ4n) is 1.39. The van der Waals surface area contributed by atoms with E-state index in [2.05, 4.69) is 27.9 Å². The molecule has 0 bridgehead atoms. The van der Waals surface area contributed by atoms with Crippen LogP contribution in [0.5, 0.6) is 0 Å². The van der Waals surface area contributed by atoms with Crippen LogP contribution in [-0.2, 0) is 0 Å². The van der Waals surface area contributed by atoms with E-state index in [-0.39, 0.29) is 11.8 Å². The second kappa shape index (κ2) is 2.80. The Labute approximate surface area is 88.7 Å². The summed E-state index contributed by atoms with van der Waals surface area (Å²) in [5, 5.41) is 2.27. The topological polar surface area (TPSA) is 46.2 Å². The van der Waals surface area contributed by atoms with Gasteiger partial charge in [0, 0.05) is 3.57 Å². The monoisotopic (exact) mass is 287 g/mol. The molecule has 66 valence electrons. The van der Waals surface area contributed by atoms with Crippen LogP contribution in [0.3, 0.4) is 0 Å². The van der Waals surface area contributed by atoms with Gasteiger partial charge in [0.25, 0.3) is 11.8 Å². The van der Waals surface area contributed by atoms with Gasteiger partial charge in [-0.1, -0.05) is 0 Å². The molecule has 0 saturated carbocycles. The van der Waals surface area contributed by atoms with E-state index in [1.165, 1.54) is 0 Å². The van der Waals surface area contributed by atoms with Gasteiger partial charge in [-0.05, 0) is 47.2 Å². The Morgan fingerprint density at radius 2 is 1.92 bits per heavy atom. The van der Waals surface area contributed by atoms with Crippen molar-refractivity contribution in [1.82, 2.24) is 5.32 Å². The molecule has 0 radical (unpaired) electrons. The number of hydrogen-bond donors (Lipinski definition) is 1. The number of aryl methyl sites for hydroxylation is 1. The van der Waals surface area contributed by atoms with Crippen LogP contribution in [0.15, 0.2) is 12.1 Å². The molecule has 0 atom stereocenters. The van der Waals surface area contributed by atoms with Gasteiger partial charge in [0.1, 0.15) is 0 Å². The van der Waals surface area contributed by atoms with Crippen molar-refractivity contribution in [2.75, 3.05) is 0 Å². The lowest BCUT2D eigenvalue weighted by Gasteiger charge is -1.99. The summed E-state index contributed by atoms with van der Waals surface area (Å²) < 4.78 is 0.830. The largest absolute Gasteiger partial charge is 0.288 e. The summed E-state index contributed by atoms with van der Waals surface area (Å²) in [6, 6.07) is 3.62. The molecule has 3 nitrogen and oxygen atoms in total. The molecule has 0 aromatic heterocycles. The zero-order chi connectivity index (χ0) is 9.59. The zero-order valence-electron chi connectivity index (χ0n) is 6.85. The van der Waals surface area contributed by atoms with Gasteiger partial charge in [0.05, 0.1) is 11.1 Å². The Morgan fingerprint density at radius 1 is 1.23 bits per heavy atom. The Bertz CT molecular complexity index is 426. The van der Waals surface area contributed by atoms with Crippen molar-refractivity contribution < 1.29 is 9.59 Å². The average molecular weight is 287 g/mol. The second-order valence-electron chi connectivity index (χ2n) is 2.95. The lowest BCUT2D eigenvalue weighted by Crippen LogP contribution is -2.20. The van der Waals surface area contributed by atoms with Crippen molar-refractivity contribution in [1.29, 1.82) is 0 Å². The second-order valence-corrected chi connectivity index (χ2v) is 4.11. The number of carbonyl (C=O) groups excluding carboxylic acids is 2. The molecule has 1 heterocycles. The molecule has 0 unspecified atom stereocenters. The third-order valence-corrected chi connectivity index (χ3v) is 2.78. The quantitative estimate of drug-likeness (QED) is 0.580. The molecular weight excluding hydrogens is 281 g/mol. The van der Waals surface area contributed by atoms with Crippen molar-refractivity contribution in [2.24, 2.45) is 0 Å². The number of hydrogen-bond acceptors (Lipinski definition) is 2. The molecule has 1 aliphatic rings. The van der Waals surface area contributed by atoms with Gasteiger partial charge >= 0.3 is 0 Å². The third-order valence-electron chi connectivity index (χ3n) is 1.93. The van der Waals surface area contributed by atoms with E-state index in [1.807, 2.05) is 13.0 Å². The first-order valence-corrected chi connectivity index (χ1v) is 4.83. The Balaban J connectivity index is 2.77.